The monoisotopic (exact) mass is 278 g/mol. The normalized spacial score (nSPS) is 11.7. The summed E-state index contributed by atoms with van der Waals surface area (Å²) in [6.07, 6.45) is 2.86. The number of carbonyl (C=O) groups is 2. The van der Waals surface area contributed by atoms with E-state index in [1.165, 1.54) is 0 Å². The minimum Gasteiger partial charge on any atom is -0.480 e. The molecule has 0 spiro atoms. The van der Waals surface area contributed by atoms with Crippen LogP contribution in [-0.2, 0) is 11.2 Å². The van der Waals surface area contributed by atoms with Crippen molar-refractivity contribution in [3.63, 3.8) is 0 Å². The minimum absolute atomic E-state index is 0.376. The van der Waals surface area contributed by atoms with Crippen molar-refractivity contribution < 1.29 is 14.7 Å². The number of carbonyl (C=O) groups excluding carboxylic acids is 1. The van der Waals surface area contributed by atoms with Gasteiger partial charge in [0.05, 0.1) is 0 Å². The molecule has 0 aliphatic heterocycles. The smallest absolute Gasteiger partial charge is 0.326 e. The second-order valence-electron chi connectivity index (χ2n) is 4.67. The first-order valence-electron chi connectivity index (χ1n) is 6.94. The average molecular weight is 278 g/mol. The standard InChI is InChI=1S/C15H22N2O3/c1-2-3-11-16-15(20)17-13(14(18)19)10-9-12-7-5-4-6-8-12/h4-8,13H,2-3,9-11H2,1H3,(H,18,19)(H2,16,17,20). The van der Waals surface area contributed by atoms with Crippen LogP contribution in [0.25, 0.3) is 0 Å². The third-order valence-electron chi connectivity index (χ3n) is 2.98. The highest BCUT2D eigenvalue weighted by Crippen LogP contribution is 2.05. The Labute approximate surface area is 119 Å². The van der Waals surface area contributed by atoms with Gasteiger partial charge in [-0.3, -0.25) is 0 Å². The number of hydrogen-bond acceptors (Lipinski definition) is 2. The number of aryl methyl sites for hydroxylation is 1. The van der Waals surface area contributed by atoms with Crippen molar-refractivity contribution in [2.24, 2.45) is 0 Å². The summed E-state index contributed by atoms with van der Waals surface area (Å²) in [4.78, 5) is 22.7. The molecule has 0 saturated carbocycles. The number of nitrogens with one attached hydrogen (secondary N) is 2. The molecule has 20 heavy (non-hydrogen) atoms. The predicted octanol–water partition coefficient (Wildman–Crippen LogP) is 2.17. The maximum Gasteiger partial charge on any atom is 0.326 e. The van der Waals surface area contributed by atoms with Crippen molar-refractivity contribution in [2.45, 2.75) is 38.6 Å². The first-order chi connectivity index (χ1) is 9.63. The van der Waals surface area contributed by atoms with E-state index in [1.807, 2.05) is 37.3 Å². The fraction of sp³-hybridized carbons (Fsp3) is 0.467. The summed E-state index contributed by atoms with van der Waals surface area (Å²) >= 11 is 0. The first-order valence-corrected chi connectivity index (χ1v) is 6.94. The Morgan fingerprint density at radius 1 is 1.25 bits per heavy atom. The van der Waals surface area contributed by atoms with Gasteiger partial charge in [0.15, 0.2) is 0 Å². The van der Waals surface area contributed by atoms with Crippen molar-refractivity contribution >= 4 is 12.0 Å². The third kappa shape index (κ3) is 6.22. The van der Waals surface area contributed by atoms with Crippen molar-refractivity contribution in [3.05, 3.63) is 35.9 Å². The summed E-state index contributed by atoms with van der Waals surface area (Å²) in [6.45, 7) is 2.59. The van der Waals surface area contributed by atoms with Crippen LogP contribution >= 0.6 is 0 Å². The van der Waals surface area contributed by atoms with E-state index in [0.29, 0.717) is 19.4 Å². The highest BCUT2D eigenvalue weighted by molar-refractivity contribution is 5.82. The molecule has 1 rings (SSSR count). The molecule has 1 aromatic carbocycles. The van der Waals surface area contributed by atoms with Crippen LogP contribution in [0.5, 0.6) is 0 Å². The Hall–Kier alpha value is -2.04. The molecule has 5 nitrogen and oxygen atoms in total. The summed E-state index contributed by atoms with van der Waals surface area (Å²) in [5.41, 5.74) is 1.06. The molecule has 0 bridgehead atoms. The van der Waals surface area contributed by atoms with E-state index < -0.39 is 18.0 Å². The van der Waals surface area contributed by atoms with Gasteiger partial charge in [-0.1, -0.05) is 43.7 Å². The van der Waals surface area contributed by atoms with Gasteiger partial charge in [0.2, 0.25) is 0 Å². The Balaban J connectivity index is 2.40. The summed E-state index contributed by atoms with van der Waals surface area (Å²) in [7, 11) is 0. The van der Waals surface area contributed by atoms with Crippen molar-refractivity contribution in [1.29, 1.82) is 0 Å². The molecule has 5 heteroatoms. The van der Waals surface area contributed by atoms with E-state index in [4.69, 9.17) is 5.11 Å². The molecular weight excluding hydrogens is 256 g/mol. The molecule has 0 radical (unpaired) electrons. The van der Waals surface area contributed by atoms with Crippen LogP contribution in [0.1, 0.15) is 31.7 Å². The number of amides is 2. The number of unbranched alkanes of at least 4 members (excludes halogenated alkanes) is 1. The van der Waals surface area contributed by atoms with Gasteiger partial charge < -0.3 is 15.7 Å². The zero-order chi connectivity index (χ0) is 14.8. The molecular formula is C15H22N2O3. The number of carboxylic acid groups (broad SMARTS) is 1. The zero-order valence-corrected chi connectivity index (χ0v) is 11.8. The molecule has 0 heterocycles. The van der Waals surface area contributed by atoms with Gasteiger partial charge in [-0.15, -0.1) is 0 Å². The van der Waals surface area contributed by atoms with Gasteiger partial charge in [0.1, 0.15) is 6.04 Å². The van der Waals surface area contributed by atoms with E-state index in [2.05, 4.69) is 10.6 Å². The lowest BCUT2D eigenvalue weighted by molar-refractivity contribution is -0.139. The lowest BCUT2D eigenvalue weighted by Crippen LogP contribution is -2.46. The Morgan fingerprint density at radius 3 is 2.55 bits per heavy atom. The Morgan fingerprint density at radius 2 is 1.95 bits per heavy atom. The molecule has 0 fully saturated rings. The van der Waals surface area contributed by atoms with Crippen LogP contribution in [0, 0.1) is 0 Å². The Kier molecular flexibility index (Phi) is 7.17. The maximum absolute atomic E-state index is 11.6. The topological polar surface area (TPSA) is 78.4 Å². The fourth-order valence-electron chi connectivity index (χ4n) is 1.80. The summed E-state index contributed by atoms with van der Waals surface area (Å²) < 4.78 is 0. The Bertz CT molecular complexity index is 420. The van der Waals surface area contributed by atoms with Crippen LogP contribution < -0.4 is 10.6 Å². The fourth-order valence-corrected chi connectivity index (χ4v) is 1.80. The highest BCUT2D eigenvalue weighted by Gasteiger charge is 2.19. The number of carboxylic acids is 1. The van der Waals surface area contributed by atoms with Crippen molar-refractivity contribution in [1.82, 2.24) is 10.6 Å². The van der Waals surface area contributed by atoms with Crippen LogP contribution in [0.2, 0.25) is 0 Å². The lowest BCUT2D eigenvalue weighted by atomic mass is 10.1. The van der Waals surface area contributed by atoms with E-state index in [-0.39, 0.29) is 0 Å². The van der Waals surface area contributed by atoms with Crippen molar-refractivity contribution in [3.8, 4) is 0 Å². The SMILES string of the molecule is CCCCNC(=O)NC(CCc1ccccc1)C(=O)O. The largest absolute Gasteiger partial charge is 0.480 e. The molecule has 0 saturated heterocycles. The predicted molar refractivity (Wildman–Crippen MR) is 77.6 cm³/mol. The van der Waals surface area contributed by atoms with Crippen LogP contribution in [0.4, 0.5) is 4.79 Å². The molecule has 0 aliphatic rings. The lowest BCUT2D eigenvalue weighted by Gasteiger charge is -2.15. The quantitative estimate of drug-likeness (QED) is 0.638. The maximum atomic E-state index is 11.6. The van der Waals surface area contributed by atoms with Gasteiger partial charge in [-0.05, 0) is 24.8 Å². The van der Waals surface area contributed by atoms with Gasteiger partial charge in [-0.25, -0.2) is 9.59 Å². The van der Waals surface area contributed by atoms with Gasteiger partial charge in [0.25, 0.3) is 0 Å². The van der Waals surface area contributed by atoms with Gasteiger partial charge >= 0.3 is 12.0 Å². The average Bonchev–Trinajstić information content (AvgIpc) is 2.44. The number of benzene rings is 1. The number of hydrogen-bond donors (Lipinski definition) is 3. The number of urea groups is 1. The zero-order valence-electron chi connectivity index (χ0n) is 11.8. The third-order valence-corrected chi connectivity index (χ3v) is 2.98. The van der Waals surface area contributed by atoms with E-state index in [9.17, 15) is 9.59 Å². The van der Waals surface area contributed by atoms with E-state index >= 15 is 0 Å². The summed E-state index contributed by atoms with van der Waals surface area (Å²) in [5, 5.41) is 14.3. The molecule has 1 atom stereocenters. The molecule has 0 aromatic heterocycles. The van der Waals surface area contributed by atoms with E-state index in [1.54, 1.807) is 0 Å². The molecule has 2 amide bonds. The number of aliphatic carboxylic acids is 1. The summed E-state index contributed by atoms with van der Waals surface area (Å²) in [6, 6.07) is 8.35. The minimum atomic E-state index is -1.01. The van der Waals surface area contributed by atoms with Crippen LogP contribution in [0.15, 0.2) is 30.3 Å². The molecule has 110 valence electrons. The number of rotatable bonds is 8. The summed E-state index contributed by atoms with van der Waals surface area (Å²) in [5.74, 6) is -1.01. The molecule has 1 aromatic rings. The first kappa shape index (κ1) is 16.0. The van der Waals surface area contributed by atoms with E-state index in [0.717, 1.165) is 18.4 Å². The second-order valence-corrected chi connectivity index (χ2v) is 4.67. The van der Waals surface area contributed by atoms with Gasteiger partial charge in [-0.2, -0.15) is 0 Å². The molecule has 3 N–H and O–H groups in total. The second kappa shape index (κ2) is 8.96. The molecule has 0 aliphatic carbocycles. The van der Waals surface area contributed by atoms with Crippen molar-refractivity contribution in [2.75, 3.05) is 6.54 Å². The van der Waals surface area contributed by atoms with Crippen LogP contribution in [0.3, 0.4) is 0 Å². The highest BCUT2D eigenvalue weighted by atomic mass is 16.4. The molecule has 1 unspecified atom stereocenters. The van der Waals surface area contributed by atoms with Crippen LogP contribution in [-0.4, -0.2) is 29.7 Å². The van der Waals surface area contributed by atoms with Gasteiger partial charge in [0, 0.05) is 6.54 Å².